The number of aromatic nitrogens is 1. The van der Waals surface area contributed by atoms with Crippen molar-refractivity contribution in [3.05, 3.63) is 58.9 Å². The van der Waals surface area contributed by atoms with Crippen molar-refractivity contribution in [2.45, 2.75) is 19.4 Å². The van der Waals surface area contributed by atoms with Gasteiger partial charge in [0.25, 0.3) is 0 Å². The van der Waals surface area contributed by atoms with Gasteiger partial charge in [0, 0.05) is 35.2 Å². The van der Waals surface area contributed by atoms with E-state index in [1.54, 1.807) is 22.4 Å². The number of nitrogens with one attached hydrogen (secondary N) is 2. The number of hydrogen-bond acceptors (Lipinski definition) is 4. The van der Waals surface area contributed by atoms with Gasteiger partial charge in [0.05, 0.1) is 18.0 Å². The summed E-state index contributed by atoms with van der Waals surface area (Å²) in [5.41, 5.74) is 1.65. The second-order valence-electron chi connectivity index (χ2n) is 6.92. The highest BCUT2D eigenvalue weighted by atomic mass is 32.1. The van der Waals surface area contributed by atoms with Gasteiger partial charge in [-0.2, -0.15) is 0 Å². The summed E-state index contributed by atoms with van der Waals surface area (Å²) < 4.78 is 0. The number of rotatable bonds is 4. The van der Waals surface area contributed by atoms with Crippen LogP contribution in [0.3, 0.4) is 0 Å². The normalized spacial score (nSPS) is 16.7. The molecule has 2 aromatic heterocycles. The summed E-state index contributed by atoms with van der Waals surface area (Å²) in [6.45, 7) is 1.65. The predicted molar refractivity (Wildman–Crippen MR) is 111 cm³/mol. The molecule has 144 valence electrons. The molecule has 4 rings (SSSR count). The molecule has 2 N–H and O–H groups in total. The molecule has 6 nitrogen and oxygen atoms in total. The number of thiophene rings is 1. The number of likely N-dealkylation sites (tertiary alicyclic amines) is 1. The molecule has 1 atom stereocenters. The van der Waals surface area contributed by atoms with E-state index in [2.05, 4.69) is 15.6 Å². The first kappa shape index (κ1) is 18.4. The molecular weight excluding hydrogens is 372 g/mol. The van der Waals surface area contributed by atoms with Gasteiger partial charge >= 0.3 is 6.03 Å². The molecule has 1 aliphatic rings. The number of amides is 3. The third-order valence-electron chi connectivity index (χ3n) is 4.94. The molecule has 1 fully saturated rings. The SMILES string of the molecule is O=C(Nc1ccc2ncccc2c1)C1CCCN(C(=O)NCc2cccs2)C1. The molecule has 0 spiro atoms. The number of nitrogens with zero attached hydrogens (tertiary/aromatic N) is 2. The van der Waals surface area contributed by atoms with Crippen LogP contribution >= 0.6 is 11.3 Å². The lowest BCUT2D eigenvalue weighted by molar-refractivity contribution is -0.121. The Hall–Kier alpha value is -2.93. The van der Waals surface area contributed by atoms with E-state index in [9.17, 15) is 9.59 Å². The minimum atomic E-state index is -0.203. The predicted octanol–water partition coefficient (Wildman–Crippen LogP) is 3.86. The Morgan fingerprint density at radius 3 is 3.00 bits per heavy atom. The number of carbonyl (C=O) groups excluding carboxylic acids is 2. The number of fused-ring (bicyclic) bond motifs is 1. The van der Waals surface area contributed by atoms with E-state index in [-0.39, 0.29) is 17.9 Å². The molecule has 1 unspecified atom stereocenters. The lowest BCUT2D eigenvalue weighted by atomic mass is 9.97. The second-order valence-corrected chi connectivity index (χ2v) is 7.96. The fraction of sp³-hybridized carbons (Fsp3) is 0.286. The summed E-state index contributed by atoms with van der Waals surface area (Å²) in [6.07, 6.45) is 3.36. The molecule has 0 bridgehead atoms. The Labute approximate surface area is 167 Å². The van der Waals surface area contributed by atoms with E-state index in [0.717, 1.165) is 34.3 Å². The quantitative estimate of drug-likeness (QED) is 0.706. The summed E-state index contributed by atoms with van der Waals surface area (Å²) in [7, 11) is 0. The number of pyridine rings is 1. The van der Waals surface area contributed by atoms with Crippen LogP contribution < -0.4 is 10.6 Å². The highest BCUT2D eigenvalue weighted by Crippen LogP contribution is 2.21. The van der Waals surface area contributed by atoms with Crippen LogP contribution in [0.5, 0.6) is 0 Å². The average molecular weight is 395 g/mol. The first-order valence-electron chi connectivity index (χ1n) is 9.40. The zero-order valence-electron chi connectivity index (χ0n) is 15.4. The van der Waals surface area contributed by atoms with E-state index >= 15 is 0 Å². The molecule has 1 saturated heterocycles. The minimum Gasteiger partial charge on any atom is -0.333 e. The van der Waals surface area contributed by atoms with Gasteiger partial charge in [-0.05, 0) is 48.6 Å². The number of piperidine rings is 1. The summed E-state index contributed by atoms with van der Waals surface area (Å²) >= 11 is 1.62. The minimum absolute atomic E-state index is 0.0426. The fourth-order valence-electron chi connectivity index (χ4n) is 3.46. The average Bonchev–Trinajstić information content (AvgIpc) is 3.25. The van der Waals surface area contributed by atoms with Crippen molar-refractivity contribution in [1.29, 1.82) is 0 Å². The largest absolute Gasteiger partial charge is 0.333 e. The van der Waals surface area contributed by atoms with Crippen LogP contribution in [0.15, 0.2) is 54.0 Å². The van der Waals surface area contributed by atoms with Crippen LogP contribution in [-0.2, 0) is 11.3 Å². The first-order valence-corrected chi connectivity index (χ1v) is 10.3. The number of carbonyl (C=O) groups is 2. The topological polar surface area (TPSA) is 74.3 Å². The molecule has 3 aromatic rings. The molecule has 3 heterocycles. The van der Waals surface area contributed by atoms with Crippen LogP contribution in [0.2, 0.25) is 0 Å². The maximum Gasteiger partial charge on any atom is 0.317 e. The lowest BCUT2D eigenvalue weighted by Crippen LogP contribution is -2.47. The first-order chi connectivity index (χ1) is 13.7. The van der Waals surface area contributed by atoms with E-state index in [4.69, 9.17) is 0 Å². The summed E-state index contributed by atoms with van der Waals surface area (Å²) in [4.78, 5) is 32.3. The Morgan fingerprint density at radius 2 is 2.14 bits per heavy atom. The molecule has 1 aliphatic heterocycles. The van der Waals surface area contributed by atoms with E-state index in [1.165, 1.54) is 0 Å². The van der Waals surface area contributed by atoms with Crippen LogP contribution in [0, 0.1) is 5.92 Å². The molecule has 28 heavy (non-hydrogen) atoms. The number of hydrogen-bond donors (Lipinski definition) is 2. The Kier molecular flexibility index (Phi) is 5.53. The van der Waals surface area contributed by atoms with Crippen LogP contribution in [-0.4, -0.2) is 34.9 Å². The van der Waals surface area contributed by atoms with Gasteiger partial charge in [0.1, 0.15) is 0 Å². The van der Waals surface area contributed by atoms with Crippen molar-refractivity contribution >= 4 is 39.9 Å². The highest BCUT2D eigenvalue weighted by molar-refractivity contribution is 7.09. The van der Waals surface area contributed by atoms with E-state index in [1.807, 2.05) is 47.8 Å². The van der Waals surface area contributed by atoms with Gasteiger partial charge in [-0.1, -0.05) is 12.1 Å². The van der Waals surface area contributed by atoms with Crippen molar-refractivity contribution < 1.29 is 9.59 Å². The van der Waals surface area contributed by atoms with Crippen molar-refractivity contribution in [3.8, 4) is 0 Å². The zero-order valence-corrected chi connectivity index (χ0v) is 16.2. The third kappa shape index (κ3) is 4.31. The van der Waals surface area contributed by atoms with E-state index in [0.29, 0.717) is 19.6 Å². The summed E-state index contributed by atoms with van der Waals surface area (Å²) in [5.74, 6) is -0.246. The van der Waals surface area contributed by atoms with Crippen LogP contribution in [0.4, 0.5) is 10.5 Å². The molecule has 7 heteroatoms. The molecule has 0 aliphatic carbocycles. The Balaban J connectivity index is 1.35. The van der Waals surface area contributed by atoms with Crippen molar-refractivity contribution in [3.63, 3.8) is 0 Å². The highest BCUT2D eigenvalue weighted by Gasteiger charge is 2.28. The maximum absolute atomic E-state index is 12.7. The molecule has 1 aromatic carbocycles. The van der Waals surface area contributed by atoms with E-state index < -0.39 is 0 Å². The van der Waals surface area contributed by atoms with Gasteiger partial charge in [0.15, 0.2) is 0 Å². The summed E-state index contributed by atoms with van der Waals surface area (Å²) in [6, 6.07) is 13.4. The number of benzene rings is 1. The van der Waals surface area contributed by atoms with Gasteiger partial charge in [0.2, 0.25) is 5.91 Å². The Bertz CT molecular complexity index is 973. The smallest absolute Gasteiger partial charge is 0.317 e. The van der Waals surface area contributed by atoms with Gasteiger partial charge < -0.3 is 15.5 Å². The van der Waals surface area contributed by atoms with Crippen LogP contribution in [0.1, 0.15) is 17.7 Å². The van der Waals surface area contributed by atoms with Crippen LogP contribution in [0.25, 0.3) is 10.9 Å². The Morgan fingerprint density at radius 1 is 1.21 bits per heavy atom. The summed E-state index contributed by atoms with van der Waals surface area (Å²) in [5, 5.41) is 8.91. The van der Waals surface area contributed by atoms with Crippen molar-refractivity contribution in [2.24, 2.45) is 5.92 Å². The van der Waals surface area contributed by atoms with Crippen molar-refractivity contribution in [1.82, 2.24) is 15.2 Å². The standard InChI is InChI=1S/C21H22N4O2S/c26-20(24-17-7-8-19-15(12-17)4-1-9-22-19)16-5-2-10-25(14-16)21(27)23-13-18-6-3-11-28-18/h1,3-4,6-9,11-12,16H,2,5,10,13-14H2,(H,23,27)(H,24,26). The number of anilines is 1. The fourth-order valence-corrected chi connectivity index (χ4v) is 4.11. The van der Waals surface area contributed by atoms with Gasteiger partial charge in [-0.3, -0.25) is 9.78 Å². The molecule has 0 radical (unpaired) electrons. The van der Waals surface area contributed by atoms with Gasteiger partial charge in [-0.25, -0.2) is 4.79 Å². The lowest BCUT2D eigenvalue weighted by Gasteiger charge is -2.32. The van der Waals surface area contributed by atoms with Gasteiger partial charge in [-0.15, -0.1) is 11.3 Å². The molecule has 3 amide bonds. The maximum atomic E-state index is 12.7. The second kappa shape index (κ2) is 8.39. The third-order valence-corrected chi connectivity index (χ3v) is 5.82. The number of urea groups is 1. The molecule has 0 saturated carbocycles. The molecular formula is C21H22N4O2S. The van der Waals surface area contributed by atoms with Crippen molar-refractivity contribution in [2.75, 3.05) is 18.4 Å². The zero-order chi connectivity index (χ0) is 19.3. The monoisotopic (exact) mass is 394 g/mol.